The fourth-order valence-electron chi connectivity index (χ4n) is 5.84. The normalized spacial score (nSPS) is 11.6. The largest absolute Gasteiger partial charge is 0.241 e. The summed E-state index contributed by atoms with van der Waals surface area (Å²) in [4.78, 5) is 21.5. The van der Waals surface area contributed by atoms with Gasteiger partial charge in [0.25, 0.3) is 0 Å². The molecule has 0 saturated carbocycles. The van der Waals surface area contributed by atoms with Crippen LogP contribution in [0.15, 0.2) is 133 Å². The lowest BCUT2D eigenvalue weighted by Crippen LogP contribution is -2.01. The van der Waals surface area contributed by atoms with Crippen LogP contribution in [0, 0.1) is 0 Å². The maximum absolute atomic E-state index is 5.17. The summed E-state index contributed by atoms with van der Waals surface area (Å²) in [6.07, 6.45) is 5.06. The van der Waals surface area contributed by atoms with Crippen molar-refractivity contribution in [1.29, 1.82) is 0 Å². The fraction of sp³-hybridized carbons (Fsp3) is 0.0500. The molecule has 0 spiro atoms. The van der Waals surface area contributed by atoms with Gasteiger partial charge in [0.1, 0.15) is 0 Å². The highest BCUT2D eigenvalue weighted by molar-refractivity contribution is 7.20. The standard InChI is InChI=1S/C40H28N4S2/c1-2-13-33-31(25-36-41-32-21-9-10-22-34(32)46-36)37-30(20-12-23-35(37)45-33)40-43-38(27-16-7-4-8-17-27)42-39(44-40)29-19-11-18-28(24-29)26-14-5-3-6-15-26/h2-24H,25H2,1H3/b13-2-. The minimum atomic E-state index is 0.648. The first kappa shape index (κ1) is 28.2. The highest BCUT2D eigenvalue weighted by atomic mass is 32.1. The van der Waals surface area contributed by atoms with Crippen molar-refractivity contribution in [3.8, 4) is 45.3 Å². The predicted octanol–water partition coefficient (Wildman–Crippen LogP) is 11.0. The number of benzene rings is 5. The van der Waals surface area contributed by atoms with Crippen molar-refractivity contribution in [2.24, 2.45) is 0 Å². The molecule has 0 unspecified atom stereocenters. The Bertz CT molecular complexity index is 2320. The Labute approximate surface area is 275 Å². The van der Waals surface area contributed by atoms with Gasteiger partial charge in [-0.2, -0.15) is 0 Å². The molecule has 6 heteroatoms. The molecule has 0 bridgehead atoms. The first-order chi connectivity index (χ1) is 22.7. The van der Waals surface area contributed by atoms with Crippen LogP contribution in [-0.2, 0) is 6.42 Å². The van der Waals surface area contributed by atoms with Crippen LogP contribution in [0.3, 0.4) is 0 Å². The summed E-state index contributed by atoms with van der Waals surface area (Å²) in [6.45, 7) is 2.07. The van der Waals surface area contributed by atoms with E-state index in [1.165, 1.54) is 25.2 Å². The van der Waals surface area contributed by atoms with Gasteiger partial charge in [-0.1, -0.05) is 109 Å². The van der Waals surface area contributed by atoms with Crippen LogP contribution < -0.4 is 0 Å². The van der Waals surface area contributed by atoms with Gasteiger partial charge in [0, 0.05) is 38.1 Å². The molecule has 220 valence electrons. The summed E-state index contributed by atoms with van der Waals surface area (Å²) in [5, 5.41) is 2.27. The lowest BCUT2D eigenvalue weighted by atomic mass is 10.0. The maximum Gasteiger partial charge on any atom is 0.164 e. The summed E-state index contributed by atoms with van der Waals surface area (Å²) in [6, 6.07) is 43.8. The Morgan fingerprint density at radius 3 is 1.96 bits per heavy atom. The number of aromatic nitrogens is 4. The SMILES string of the molecule is C/C=C\c1sc2cccc(-c3nc(-c4ccccc4)nc(-c4cccc(-c5ccccc5)c4)n3)c2c1Cc1nc2ccccc2s1. The first-order valence-electron chi connectivity index (χ1n) is 15.2. The summed E-state index contributed by atoms with van der Waals surface area (Å²) < 4.78 is 2.41. The number of rotatable bonds is 7. The summed E-state index contributed by atoms with van der Waals surface area (Å²) >= 11 is 3.56. The lowest BCUT2D eigenvalue weighted by Gasteiger charge is -2.11. The molecule has 0 aliphatic rings. The molecule has 46 heavy (non-hydrogen) atoms. The monoisotopic (exact) mass is 628 g/mol. The molecule has 0 N–H and O–H groups in total. The molecule has 0 radical (unpaired) electrons. The third-order valence-corrected chi connectivity index (χ3v) is 10.2. The van der Waals surface area contributed by atoms with E-state index < -0.39 is 0 Å². The molecule has 0 amide bonds. The number of thiophene rings is 1. The molecule has 8 aromatic rings. The highest BCUT2D eigenvalue weighted by Gasteiger charge is 2.20. The Balaban J connectivity index is 1.33. The highest BCUT2D eigenvalue weighted by Crippen LogP contribution is 2.41. The number of hydrogen-bond donors (Lipinski definition) is 0. The van der Waals surface area contributed by atoms with Crippen molar-refractivity contribution in [2.45, 2.75) is 13.3 Å². The lowest BCUT2D eigenvalue weighted by molar-refractivity contribution is 1.08. The first-order valence-corrected chi connectivity index (χ1v) is 16.9. The molecule has 0 atom stereocenters. The number of fused-ring (bicyclic) bond motifs is 2. The molecule has 3 aromatic heterocycles. The Morgan fingerprint density at radius 1 is 0.543 bits per heavy atom. The van der Waals surface area contributed by atoms with Gasteiger partial charge >= 0.3 is 0 Å². The fourth-order valence-corrected chi connectivity index (χ4v) is 8.04. The Hall–Kier alpha value is -5.30. The van der Waals surface area contributed by atoms with E-state index in [0.29, 0.717) is 17.5 Å². The van der Waals surface area contributed by atoms with Crippen LogP contribution in [0.1, 0.15) is 22.4 Å². The summed E-state index contributed by atoms with van der Waals surface area (Å²) in [7, 11) is 0. The van der Waals surface area contributed by atoms with E-state index in [-0.39, 0.29) is 0 Å². The van der Waals surface area contributed by atoms with Crippen LogP contribution in [-0.4, -0.2) is 19.9 Å². The molecule has 0 aliphatic heterocycles. The minimum absolute atomic E-state index is 0.648. The van der Waals surface area contributed by atoms with Gasteiger partial charge in [-0.25, -0.2) is 19.9 Å². The van der Waals surface area contributed by atoms with Crippen molar-refractivity contribution in [1.82, 2.24) is 19.9 Å². The van der Waals surface area contributed by atoms with Crippen molar-refractivity contribution < 1.29 is 0 Å². The summed E-state index contributed by atoms with van der Waals surface area (Å²) in [5.74, 6) is 1.96. The third-order valence-electron chi connectivity index (χ3n) is 7.97. The second-order valence-corrected chi connectivity index (χ2v) is 13.2. The van der Waals surface area contributed by atoms with Crippen molar-refractivity contribution >= 4 is 49.1 Å². The van der Waals surface area contributed by atoms with E-state index in [4.69, 9.17) is 19.9 Å². The minimum Gasteiger partial charge on any atom is -0.241 e. The molecule has 5 aromatic carbocycles. The number of allylic oxidation sites excluding steroid dienone is 1. The number of nitrogens with zero attached hydrogens (tertiary/aromatic N) is 4. The van der Waals surface area contributed by atoms with Gasteiger partial charge in [-0.15, -0.1) is 22.7 Å². The van der Waals surface area contributed by atoms with E-state index in [1.54, 1.807) is 22.7 Å². The van der Waals surface area contributed by atoms with Gasteiger partial charge < -0.3 is 0 Å². The molecule has 0 saturated heterocycles. The average molecular weight is 629 g/mol. The van der Waals surface area contributed by atoms with E-state index in [0.717, 1.165) is 44.8 Å². The zero-order chi connectivity index (χ0) is 30.9. The molecular weight excluding hydrogens is 601 g/mol. The van der Waals surface area contributed by atoms with Gasteiger partial charge in [0.2, 0.25) is 0 Å². The van der Waals surface area contributed by atoms with Crippen LogP contribution in [0.25, 0.3) is 71.7 Å². The van der Waals surface area contributed by atoms with Crippen molar-refractivity contribution in [3.63, 3.8) is 0 Å². The predicted molar refractivity (Wildman–Crippen MR) is 194 cm³/mol. The molecular formula is C40H28N4S2. The van der Waals surface area contributed by atoms with E-state index in [2.05, 4.69) is 116 Å². The van der Waals surface area contributed by atoms with Crippen molar-refractivity contribution in [2.75, 3.05) is 0 Å². The molecule has 8 rings (SSSR count). The zero-order valence-corrected chi connectivity index (χ0v) is 26.7. The number of thiazole rings is 1. The third kappa shape index (κ3) is 5.42. The quantitative estimate of drug-likeness (QED) is 0.176. The van der Waals surface area contributed by atoms with E-state index in [1.807, 2.05) is 30.3 Å². The van der Waals surface area contributed by atoms with Crippen LogP contribution >= 0.6 is 22.7 Å². The topological polar surface area (TPSA) is 51.6 Å². The van der Waals surface area contributed by atoms with Crippen LogP contribution in [0.5, 0.6) is 0 Å². The van der Waals surface area contributed by atoms with Gasteiger partial charge in [-0.05, 0) is 54.0 Å². The second kappa shape index (κ2) is 12.2. The maximum atomic E-state index is 5.17. The summed E-state index contributed by atoms with van der Waals surface area (Å²) in [5.41, 5.74) is 7.47. The van der Waals surface area contributed by atoms with Gasteiger partial charge in [0.05, 0.1) is 15.2 Å². The molecule has 3 heterocycles. The van der Waals surface area contributed by atoms with Crippen LogP contribution in [0.2, 0.25) is 0 Å². The Kier molecular flexibility index (Phi) is 7.50. The average Bonchev–Trinajstić information content (AvgIpc) is 3.69. The zero-order valence-electron chi connectivity index (χ0n) is 25.1. The van der Waals surface area contributed by atoms with Crippen molar-refractivity contribution in [3.05, 3.63) is 149 Å². The second-order valence-electron chi connectivity index (χ2n) is 11.0. The van der Waals surface area contributed by atoms with Gasteiger partial charge in [0.15, 0.2) is 17.5 Å². The van der Waals surface area contributed by atoms with E-state index >= 15 is 0 Å². The number of hydrogen-bond acceptors (Lipinski definition) is 6. The number of para-hydroxylation sites is 1. The molecule has 0 fully saturated rings. The molecule has 0 aliphatic carbocycles. The van der Waals surface area contributed by atoms with Gasteiger partial charge in [-0.3, -0.25) is 0 Å². The Morgan fingerprint density at radius 2 is 1.17 bits per heavy atom. The van der Waals surface area contributed by atoms with E-state index in [9.17, 15) is 0 Å². The van der Waals surface area contributed by atoms with Crippen LogP contribution in [0.4, 0.5) is 0 Å². The molecule has 4 nitrogen and oxygen atoms in total. The smallest absolute Gasteiger partial charge is 0.164 e.